The van der Waals surface area contributed by atoms with Crippen LogP contribution in [0.4, 0.5) is 25.8 Å². The first-order valence-electron chi connectivity index (χ1n) is 8.26. The normalized spacial score (nSPS) is 17.0. The van der Waals surface area contributed by atoms with Crippen LogP contribution in [0, 0.1) is 21.7 Å². The van der Waals surface area contributed by atoms with Gasteiger partial charge in [-0.05, 0) is 31.0 Å². The molecule has 1 fully saturated rings. The second kappa shape index (κ2) is 5.96. The number of hydrogen-bond donors (Lipinski definition) is 2. The van der Waals surface area contributed by atoms with Gasteiger partial charge in [-0.2, -0.15) is 0 Å². The smallest absolute Gasteiger partial charge is 0.295 e. The largest absolute Gasteiger partial charge is 0.319 e. The maximum atomic E-state index is 13.9. The third-order valence-electron chi connectivity index (χ3n) is 5.15. The fourth-order valence-corrected chi connectivity index (χ4v) is 4.72. The Bertz CT molecular complexity index is 1150. The van der Waals surface area contributed by atoms with Crippen LogP contribution in [0.15, 0.2) is 35.2 Å². The Morgan fingerprint density at radius 1 is 1.18 bits per heavy atom. The highest BCUT2D eigenvalue weighted by atomic mass is 32.2. The van der Waals surface area contributed by atoms with E-state index in [0.717, 1.165) is 24.6 Å². The van der Waals surface area contributed by atoms with E-state index >= 15 is 0 Å². The summed E-state index contributed by atoms with van der Waals surface area (Å²) in [4.78, 5) is 22.3. The molecule has 8 nitrogen and oxygen atoms in total. The molecule has 4 rings (SSSR count). The molecule has 2 N–H and O–H groups in total. The molecular formula is C17H13F2N3O5S. The summed E-state index contributed by atoms with van der Waals surface area (Å²) in [6.07, 6.45) is 1.75. The van der Waals surface area contributed by atoms with Gasteiger partial charge in [0.1, 0.15) is 22.2 Å². The Kier molecular flexibility index (Phi) is 3.89. The van der Waals surface area contributed by atoms with Crippen molar-refractivity contribution in [3.8, 4) is 0 Å². The quantitative estimate of drug-likeness (QED) is 0.594. The van der Waals surface area contributed by atoms with Crippen molar-refractivity contribution in [2.24, 2.45) is 0 Å². The van der Waals surface area contributed by atoms with Crippen LogP contribution in [0.2, 0.25) is 0 Å². The first-order chi connectivity index (χ1) is 13.1. The number of nitro groups is 1. The van der Waals surface area contributed by atoms with Gasteiger partial charge in [-0.15, -0.1) is 0 Å². The Hall–Kier alpha value is -3.08. The average molecular weight is 409 g/mol. The number of benzene rings is 2. The molecule has 1 heterocycles. The number of nitrogens with zero attached hydrogens (tertiary/aromatic N) is 1. The van der Waals surface area contributed by atoms with Crippen molar-refractivity contribution in [3.05, 3.63) is 57.6 Å². The Labute approximate surface area is 157 Å². The van der Waals surface area contributed by atoms with Gasteiger partial charge < -0.3 is 5.32 Å². The standard InChI is InChI=1S/C17H13F2N3O5S/c18-9-2-3-14(12(19)6-9)28(26,27)21-10-7-11-15(13(8-10)22(24)25)20-16(23)17(11)4-1-5-17/h2-3,6-8,21H,1,4-5H2,(H,20,23). The minimum Gasteiger partial charge on any atom is -0.319 e. The highest BCUT2D eigenvalue weighted by Gasteiger charge is 2.53. The summed E-state index contributed by atoms with van der Waals surface area (Å²) in [5.41, 5.74) is -1.17. The average Bonchev–Trinajstić information content (AvgIpc) is 2.84. The lowest BCUT2D eigenvalue weighted by Crippen LogP contribution is -2.40. The minimum absolute atomic E-state index is 0.0469. The van der Waals surface area contributed by atoms with E-state index in [4.69, 9.17) is 0 Å². The zero-order valence-electron chi connectivity index (χ0n) is 14.2. The van der Waals surface area contributed by atoms with Gasteiger partial charge in [0.25, 0.3) is 15.7 Å². The molecule has 11 heteroatoms. The molecule has 28 heavy (non-hydrogen) atoms. The van der Waals surface area contributed by atoms with Crippen molar-refractivity contribution >= 4 is 33.0 Å². The van der Waals surface area contributed by atoms with E-state index in [2.05, 4.69) is 10.0 Å². The molecule has 1 amide bonds. The first-order valence-corrected chi connectivity index (χ1v) is 9.75. The summed E-state index contributed by atoms with van der Waals surface area (Å²) in [7, 11) is -4.48. The number of rotatable bonds is 4. The van der Waals surface area contributed by atoms with Gasteiger partial charge in [-0.1, -0.05) is 6.42 Å². The van der Waals surface area contributed by atoms with Crippen LogP contribution < -0.4 is 10.0 Å². The molecule has 2 aliphatic rings. The molecule has 0 aromatic heterocycles. The maximum Gasteiger partial charge on any atom is 0.295 e. The first kappa shape index (κ1) is 18.3. The summed E-state index contributed by atoms with van der Waals surface area (Å²) in [5, 5.41) is 14.0. The molecular weight excluding hydrogens is 396 g/mol. The van der Waals surface area contributed by atoms with Crippen LogP contribution in [0.1, 0.15) is 24.8 Å². The number of sulfonamides is 1. The second-order valence-electron chi connectivity index (χ2n) is 6.75. The molecule has 146 valence electrons. The van der Waals surface area contributed by atoms with Crippen LogP contribution in [0.25, 0.3) is 0 Å². The zero-order valence-corrected chi connectivity index (χ0v) is 15.0. The molecule has 1 aliphatic heterocycles. The van der Waals surface area contributed by atoms with Gasteiger partial charge in [-0.25, -0.2) is 17.2 Å². The summed E-state index contributed by atoms with van der Waals surface area (Å²) < 4.78 is 54.0. The number of anilines is 2. The summed E-state index contributed by atoms with van der Waals surface area (Å²) in [5.74, 6) is -2.60. The van der Waals surface area contributed by atoms with E-state index in [0.29, 0.717) is 24.5 Å². The number of nitro benzene ring substituents is 1. The third-order valence-corrected chi connectivity index (χ3v) is 6.56. The number of halogens is 2. The summed E-state index contributed by atoms with van der Waals surface area (Å²) >= 11 is 0. The van der Waals surface area contributed by atoms with Crippen LogP contribution in [-0.4, -0.2) is 19.2 Å². The van der Waals surface area contributed by atoms with Crippen LogP contribution >= 0.6 is 0 Å². The highest BCUT2D eigenvalue weighted by molar-refractivity contribution is 7.92. The van der Waals surface area contributed by atoms with E-state index < -0.39 is 42.6 Å². The molecule has 0 radical (unpaired) electrons. The predicted molar refractivity (Wildman–Crippen MR) is 94.4 cm³/mol. The van der Waals surface area contributed by atoms with E-state index in [-0.39, 0.29) is 17.3 Å². The lowest BCUT2D eigenvalue weighted by molar-refractivity contribution is -0.383. The monoisotopic (exact) mass is 409 g/mol. The molecule has 2 aromatic rings. The number of amides is 1. The van der Waals surface area contributed by atoms with Gasteiger partial charge in [0, 0.05) is 17.7 Å². The second-order valence-corrected chi connectivity index (χ2v) is 8.40. The van der Waals surface area contributed by atoms with Crippen LogP contribution in [-0.2, 0) is 20.2 Å². The predicted octanol–water partition coefficient (Wildman–Crippen LogP) is 3.05. The SMILES string of the molecule is O=C1Nc2c([N+](=O)[O-])cc(NS(=O)(=O)c3ccc(F)cc3F)cc2C12CCC2. The van der Waals surface area contributed by atoms with Gasteiger partial charge >= 0.3 is 0 Å². The van der Waals surface area contributed by atoms with Gasteiger partial charge in [0.05, 0.1) is 16.0 Å². The van der Waals surface area contributed by atoms with Crippen molar-refractivity contribution in [2.45, 2.75) is 29.6 Å². The number of hydrogen-bond acceptors (Lipinski definition) is 5. The van der Waals surface area contributed by atoms with E-state index in [1.807, 2.05) is 0 Å². The lowest BCUT2D eigenvalue weighted by atomic mass is 9.65. The number of carbonyl (C=O) groups is 1. The van der Waals surface area contributed by atoms with Gasteiger partial charge in [0.2, 0.25) is 5.91 Å². The molecule has 0 atom stereocenters. The molecule has 0 unspecified atom stereocenters. The Morgan fingerprint density at radius 3 is 2.46 bits per heavy atom. The minimum atomic E-state index is -4.48. The fourth-order valence-electron chi connectivity index (χ4n) is 3.62. The van der Waals surface area contributed by atoms with Crippen LogP contribution in [0.3, 0.4) is 0 Å². The molecule has 0 bridgehead atoms. The molecule has 1 aliphatic carbocycles. The summed E-state index contributed by atoms with van der Waals surface area (Å²) in [6.45, 7) is 0. The summed E-state index contributed by atoms with van der Waals surface area (Å²) in [6, 6.07) is 4.27. The zero-order chi connectivity index (χ0) is 20.3. The topological polar surface area (TPSA) is 118 Å². The van der Waals surface area contributed by atoms with Gasteiger partial charge in [-0.3, -0.25) is 19.6 Å². The van der Waals surface area contributed by atoms with Crippen molar-refractivity contribution in [1.82, 2.24) is 0 Å². The Morgan fingerprint density at radius 2 is 1.89 bits per heavy atom. The van der Waals surface area contributed by atoms with Crippen molar-refractivity contribution in [1.29, 1.82) is 0 Å². The number of carbonyl (C=O) groups excluding carboxylic acids is 1. The maximum absolute atomic E-state index is 13.9. The van der Waals surface area contributed by atoms with Gasteiger partial charge in [0.15, 0.2) is 0 Å². The molecule has 1 saturated carbocycles. The van der Waals surface area contributed by atoms with Crippen molar-refractivity contribution < 1.29 is 26.9 Å². The van der Waals surface area contributed by atoms with E-state index in [9.17, 15) is 32.1 Å². The van der Waals surface area contributed by atoms with E-state index in [1.54, 1.807) is 0 Å². The Balaban J connectivity index is 1.80. The third kappa shape index (κ3) is 2.61. The number of nitrogens with one attached hydrogen (secondary N) is 2. The van der Waals surface area contributed by atoms with E-state index in [1.165, 1.54) is 6.07 Å². The highest BCUT2D eigenvalue weighted by Crippen LogP contribution is 2.54. The molecule has 2 aromatic carbocycles. The molecule has 1 spiro atoms. The van der Waals surface area contributed by atoms with Crippen molar-refractivity contribution in [2.75, 3.05) is 10.0 Å². The number of fused-ring (bicyclic) bond motifs is 2. The lowest BCUT2D eigenvalue weighted by Gasteiger charge is -2.36. The van der Waals surface area contributed by atoms with Crippen LogP contribution in [0.5, 0.6) is 0 Å². The fraction of sp³-hybridized carbons (Fsp3) is 0.235. The van der Waals surface area contributed by atoms with Crippen molar-refractivity contribution in [3.63, 3.8) is 0 Å². The molecule has 0 saturated heterocycles.